The number of nitrogens with one attached hydrogen (secondary N) is 1. The molecule has 2 bridgehead atoms. The van der Waals surface area contributed by atoms with Gasteiger partial charge in [-0.25, -0.2) is 0 Å². The van der Waals surface area contributed by atoms with Crippen molar-refractivity contribution in [1.29, 1.82) is 0 Å². The summed E-state index contributed by atoms with van der Waals surface area (Å²) in [5, 5.41) is 16.8. The van der Waals surface area contributed by atoms with E-state index >= 15 is 0 Å². The molecule has 0 aromatic carbocycles. The van der Waals surface area contributed by atoms with Gasteiger partial charge < -0.3 is 9.73 Å². The van der Waals surface area contributed by atoms with Gasteiger partial charge in [0.2, 0.25) is 0 Å². The fraction of sp³-hybridized carbons (Fsp3) is 0.435. The Morgan fingerprint density at radius 1 is 1.10 bits per heavy atom. The van der Waals surface area contributed by atoms with Crippen LogP contribution in [-0.4, -0.2) is 44.0 Å². The molecule has 154 valence electrons. The molecule has 6 rings (SSSR count). The molecule has 0 amide bonds. The van der Waals surface area contributed by atoms with Gasteiger partial charge in [0.15, 0.2) is 0 Å². The zero-order valence-electron chi connectivity index (χ0n) is 17.4. The number of aromatic nitrogens is 4. The Balaban J connectivity index is 1.06. The normalized spacial score (nSPS) is 24.1. The van der Waals surface area contributed by atoms with Gasteiger partial charge in [-0.3, -0.25) is 9.58 Å². The summed E-state index contributed by atoms with van der Waals surface area (Å²) in [6.45, 7) is 5.41. The molecule has 1 aliphatic heterocycles. The molecule has 1 N–H and O–H groups in total. The standard InChI is InChI=1S/C23H26N6O/c1-14-10-24-28(2)23(14)20-4-6-22(27-26-20)25-18-7-15-11-29(12-16(15)8-18)13-17-9-19-3-5-21(17)30-19/h3-6,9-10,15-16,18H,7-8,11-13H2,1-2H3,(H,25,27)/t15-,16+,18?. The van der Waals surface area contributed by atoms with Gasteiger partial charge in [0.25, 0.3) is 0 Å². The van der Waals surface area contributed by atoms with E-state index in [4.69, 9.17) is 4.42 Å². The average molecular weight is 403 g/mol. The molecule has 5 heterocycles. The first-order chi connectivity index (χ1) is 14.6. The number of fused-ring (bicyclic) bond motifs is 3. The lowest BCUT2D eigenvalue weighted by molar-refractivity contribution is 0.301. The largest absolute Gasteiger partial charge is 0.457 e. The van der Waals surface area contributed by atoms with Crippen molar-refractivity contribution in [3.63, 3.8) is 0 Å². The van der Waals surface area contributed by atoms with Crippen molar-refractivity contribution in [1.82, 2.24) is 24.9 Å². The number of anilines is 1. The van der Waals surface area contributed by atoms with Crippen molar-refractivity contribution >= 4 is 17.0 Å². The van der Waals surface area contributed by atoms with Gasteiger partial charge in [0, 0.05) is 38.3 Å². The second kappa shape index (κ2) is 6.80. The van der Waals surface area contributed by atoms with Crippen LogP contribution in [0.3, 0.4) is 0 Å². The molecule has 2 aliphatic rings. The fourth-order valence-electron chi connectivity index (χ4n) is 5.51. The van der Waals surface area contributed by atoms with Crippen molar-refractivity contribution in [3.8, 4) is 11.4 Å². The molecule has 7 heteroatoms. The Bertz CT molecular complexity index is 1130. The third kappa shape index (κ3) is 3.04. The summed E-state index contributed by atoms with van der Waals surface area (Å²) in [4.78, 5) is 2.59. The maximum atomic E-state index is 5.69. The molecule has 0 spiro atoms. The van der Waals surface area contributed by atoms with Gasteiger partial charge in [0.1, 0.15) is 22.7 Å². The zero-order chi connectivity index (χ0) is 20.2. The predicted molar refractivity (Wildman–Crippen MR) is 115 cm³/mol. The van der Waals surface area contributed by atoms with E-state index in [0.717, 1.165) is 52.3 Å². The molecule has 0 radical (unpaired) electrons. The topological polar surface area (TPSA) is 72.0 Å². The van der Waals surface area contributed by atoms with Crippen molar-refractivity contribution in [2.45, 2.75) is 32.4 Å². The van der Waals surface area contributed by atoms with Crippen molar-refractivity contribution in [2.24, 2.45) is 18.9 Å². The van der Waals surface area contributed by atoms with Crippen LogP contribution < -0.4 is 5.32 Å². The van der Waals surface area contributed by atoms with Crippen LogP contribution in [0.25, 0.3) is 22.6 Å². The van der Waals surface area contributed by atoms with Gasteiger partial charge in [-0.05, 0) is 67.5 Å². The highest BCUT2D eigenvalue weighted by molar-refractivity contribution is 5.65. The maximum absolute atomic E-state index is 5.69. The van der Waals surface area contributed by atoms with Crippen LogP contribution in [0.2, 0.25) is 0 Å². The predicted octanol–water partition coefficient (Wildman–Crippen LogP) is 3.69. The SMILES string of the molecule is Cc1cnn(C)c1-c1ccc(NC2C[C@@H]3CN(Cc4cc5ccc4o5)C[C@@H]3C2)nn1. The number of benzene rings is 1. The Labute approximate surface area is 175 Å². The molecule has 4 aromatic heterocycles. The summed E-state index contributed by atoms with van der Waals surface area (Å²) in [6.07, 6.45) is 4.27. The lowest BCUT2D eigenvalue weighted by Gasteiger charge is -2.19. The molecule has 1 saturated heterocycles. The molecular weight excluding hydrogens is 376 g/mol. The lowest BCUT2D eigenvalue weighted by Crippen LogP contribution is -2.25. The number of likely N-dealkylation sites (tertiary alicyclic amines) is 1. The van der Waals surface area contributed by atoms with Gasteiger partial charge in [-0.1, -0.05) is 0 Å². The van der Waals surface area contributed by atoms with E-state index in [2.05, 4.69) is 37.6 Å². The van der Waals surface area contributed by atoms with E-state index < -0.39 is 0 Å². The van der Waals surface area contributed by atoms with E-state index in [1.165, 1.54) is 31.5 Å². The highest BCUT2D eigenvalue weighted by Gasteiger charge is 2.41. The van der Waals surface area contributed by atoms with Gasteiger partial charge in [-0.2, -0.15) is 5.10 Å². The second-order valence-corrected chi connectivity index (χ2v) is 9.00. The van der Waals surface area contributed by atoms with Crippen LogP contribution in [0, 0.1) is 18.8 Å². The Morgan fingerprint density at radius 3 is 2.53 bits per heavy atom. The zero-order valence-corrected chi connectivity index (χ0v) is 17.4. The molecule has 3 atom stereocenters. The quantitative estimate of drug-likeness (QED) is 0.549. The highest BCUT2D eigenvalue weighted by atomic mass is 16.3. The molecular formula is C23H26N6O. The first kappa shape index (κ1) is 17.9. The van der Waals surface area contributed by atoms with Crippen molar-refractivity contribution < 1.29 is 4.42 Å². The minimum atomic E-state index is 0.485. The minimum absolute atomic E-state index is 0.485. The van der Waals surface area contributed by atoms with Crippen molar-refractivity contribution in [3.05, 3.63) is 47.7 Å². The van der Waals surface area contributed by atoms with Gasteiger partial charge in [-0.15, -0.1) is 10.2 Å². The highest BCUT2D eigenvalue weighted by Crippen LogP contribution is 2.40. The van der Waals surface area contributed by atoms with E-state index in [-0.39, 0.29) is 0 Å². The van der Waals surface area contributed by atoms with Gasteiger partial charge in [0.05, 0.1) is 11.9 Å². The number of hydrogen-bond donors (Lipinski definition) is 1. The van der Waals surface area contributed by atoms with E-state index in [0.29, 0.717) is 6.04 Å². The molecule has 30 heavy (non-hydrogen) atoms. The fourth-order valence-corrected chi connectivity index (χ4v) is 5.51. The molecule has 4 aromatic rings. The number of nitrogens with zero attached hydrogens (tertiary/aromatic N) is 5. The van der Waals surface area contributed by atoms with Crippen LogP contribution in [0.15, 0.2) is 40.9 Å². The van der Waals surface area contributed by atoms with Crippen LogP contribution >= 0.6 is 0 Å². The smallest absolute Gasteiger partial charge is 0.148 e. The van der Waals surface area contributed by atoms with Crippen LogP contribution in [0.5, 0.6) is 0 Å². The number of rotatable bonds is 5. The molecule has 1 saturated carbocycles. The third-order valence-electron chi connectivity index (χ3n) is 6.86. The lowest BCUT2D eigenvalue weighted by atomic mass is 10.0. The number of furan rings is 2. The summed E-state index contributed by atoms with van der Waals surface area (Å²) in [7, 11) is 1.94. The van der Waals surface area contributed by atoms with Crippen LogP contribution in [0.1, 0.15) is 24.0 Å². The Kier molecular flexibility index (Phi) is 4.06. The Hall–Kier alpha value is -2.93. The molecule has 2 fully saturated rings. The first-order valence-corrected chi connectivity index (χ1v) is 10.7. The third-order valence-corrected chi connectivity index (χ3v) is 6.86. The van der Waals surface area contributed by atoms with Crippen molar-refractivity contribution in [2.75, 3.05) is 18.4 Å². The number of aryl methyl sites for hydroxylation is 2. The second-order valence-electron chi connectivity index (χ2n) is 9.00. The summed E-state index contributed by atoms with van der Waals surface area (Å²) in [6, 6.07) is 10.9. The monoisotopic (exact) mass is 402 g/mol. The number of hydrogen-bond acceptors (Lipinski definition) is 6. The molecule has 7 nitrogen and oxygen atoms in total. The maximum Gasteiger partial charge on any atom is 0.148 e. The van der Waals surface area contributed by atoms with E-state index in [1.54, 1.807) is 0 Å². The first-order valence-electron chi connectivity index (χ1n) is 10.7. The summed E-state index contributed by atoms with van der Waals surface area (Å²) in [5.41, 5.74) is 6.37. The Morgan fingerprint density at radius 2 is 1.93 bits per heavy atom. The van der Waals surface area contributed by atoms with E-state index in [1.807, 2.05) is 43.0 Å². The minimum Gasteiger partial charge on any atom is -0.457 e. The summed E-state index contributed by atoms with van der Waals surface area (Å²) < 4.78 is 7.54. The molecule has 1 unspecified atom stereocenters. The molecule has 1 aliphatic carbocycles. The summed E-state index contributed by atoms with van der Waals surface area (Å²) in [5.74, 6) is 2.39. The van der Waals surface area contributed by atoms with E-state index in [9.17, 15) is 0 Å². The van der Waals surface area contributed by atoms with Crippen LogP contribution in [-0.2, 0) is 13.6 Å². The van der Waals surface area contributed by atoms with Crippen LogP contribution in [0.4, 0.5) is 5.82 Å². The average Bonchev–Trinajstić information content (AvgIpc) is 3.52. The van der Waals surface area contributed by atoms with Gasteiger partial charge >= 0.3 is 0 Å². The summed E-state index contributed by atoms with van der Waals surface area (Å²) >= 11 is 0.